The molecule has 0 aromatic rings. The second-order valence-electron chi connectivity index (χ2n) is 5.29. The number of amides is 1. The normalized spacial score (nSPS) is 11.3. The monoisotopic (exact) mass is 311 g/mol. The third-order valence-electron chi connectivity index (χ3n) is 3.22. The van der Waals surface area contributed by atoms with Gasteiger partial charge in [0.15, 0.2) is 6.61 Å². The number of esters is 1. The van der Waals surface area contributed by atoms with Crippen molar-refractivity contribution in [3.05, 3.63) is 0 Å². The highest BCUT2D eigenvalue weighted by molar-refractivity contribution is 5.80. The van der Waals surface area contributed by atoms with Crippen molar-refractivity contribution in [2.24, 2.45) is 0 Å². The van der Waals surface area contributed by atoms with E-state index in [-0.39, 0.29) is 6.61 Å². The molecule has 22 heavy (non-hydrogen) atoms. The molecule has 0 rings (SSSR count). The summed E-state index contributed by atoms with van der Waals surface area (Å²) in [5.41, 5.74) is 0. The van der Waals surface area contributed by atoms with Crippen LogP contribution in [0.4, 0.5) is 4.79 Å². The summed E-state index contributed by atoms with van der Waals surface area (Å²) in [5, 5.41) is 2.36. The van der Waals surface area contributed by atoms with Crippen molar-refractivity contribution in [1.82, 2.24) is 5.32 Å². The molecule has 0 saturated heterocycles. The van der Waals surface area contributed by atoms with Gasteiger partial charge in [-0.2, -0.15) is 0 Å². The highest BCUT2D eigenvalue weighted by atomic mass is 16.6. The van der Waals surface area contributed by atoms with E-state index in [0.717, 1.165) is 12.8 Å². The summed E-state index contributed by atoms with van der Waals surface area (Å²) in [6.07, 6.45) is 13.7. The molecule has 0 aliphatic carbocycles. The van der Waals surface area contributed by atoms with Crippen molar-refractivity contribution in [2.45, 2.75) is 71.3 Å². The van der Waals surface area contributed by atoms with Crippen molar-refractivity contribution in [3.63, 3.8) is 0 Å². The second kappa shape index (κ2) is 14.2. The molecule has 1 unspecified atom stereocenters. The molecule has 1 amide bonds. The second-order valence-corrected chi connectivity index (χ2v) is 5.29. The van der Waals surface area contributed by atoms with Gasteiger partial charge in [-0.1, -0.05) is 57.8 Å². The molecule has 0 radical (unpaired) electrons. The molecule has 0 aliphatic heterocycles. The Balaban J connectivity index is 3.52. The van der Waals surface area contributed by atoms with Gasteiger partial charge in [0.2, 0.25) is 0 Å². The van der Waals surface area contributed by atoms with Gasteiger partial charge in [-0.15, -0.1) is 6.42 Å². The zero-order valence-corrected chi connectivity index (χ0v) is 13.9. The summed E-state index contributed by atoms with van der Waals surface area (Å²) in [7, 11) is 0. The summed E-state index contributed by atoms with van der Waals surface area (Å²) in [6.45, 7) is 4.03. The maximum absolute atomic E-state index is 11.6. The predicted octanol–water partition coefficient (Wildman–Crippen LogP) is 3.42. The van der Waals surface area contributed by atoms with E-state index < -0.39 is 18.1 Å². The zero-order valence-electron chi connectivity index (χ0n) is 13.9. The number of unbranched alkanes of at least 4 members (excludes halogenated alkanes) is 7. The lowest BCUT2D eigenvalue weighted by Crippen LogP contribution is -2.40. The van der Waals surface area contributed by atoms with Crippen LogP contribution in [0.15, 0.2) is 0 Å². The number of carbonyl (C=O) groups excluding carboxylic acids is 2. The highest BCUT2D eigenvalue weighted by Crippen LogP contribution is 2.08. The standard InChI is InChI=1S/C17H29NO4/c1-4-6-7-8-9-10-11-12-14-21-16(19)15(3)18-17(20)22-13-5-2/h2,15H,4,6-14H2,1,3H3,(H,18,20). The smallest absolute Gasteiger partial charge is 0.408 e. The molecule has 0 spiro atoms. The van der Waals surface area contributed by atoms with Gasteiger partial charge in [0.1, 0.15) is 6.04 Å². The van der Waals surface area contributed by atoms with Crippen LogP contribution in [0.1, 0.15) is 65.2 Å². The van der Waals surface area contributed by atoms with E-state index in [1.54, 1.807) is 6.92 Å². The van der Waals surface area contributed by atoms with Crippen LogP contribution in [0.2, 0.25) is 0 Å². The molecule has 5 heteroatoms. The minimum absolute atomic E-state index is 0.119. The number of terminal acetylenes is 1. The minimum atomic E-state index is -0.737. The molecule has 1 N–H and O–H groups in total. The molecule has 5 nitrogen and oxygen atoms in total. The van der Waals surface area contributed by atoms with E-state index in [9.17, 15) is 9.59 Å². The van der Waals surface area contributed by atoms with Crippen molar-refractivity contribution in [1.29, 1.82) is 0 Å². The Bertz CT molecular complexity index is 349. The first-order valence-corrected chi connectivity index (χ1v) is 8.15. The Labute approximate surface area is 134 Å². The van der Waals surface area contributed by atoms with Crippen LogP contribution < -0.4 is 5.32 Å². The van der Waals surface area contributed by atoms with Gasteiger partial charge in [0.05, 0.1) is 6.61 Å². The zero-order chi connectivity index (χ0) is 16.6. The maximum Gasteiger partial charge on any atom is 0.408 e. The molecule has 0 heterocycles. The number of ether oxygens (including phenoxy) is 2. The first-order valence-electron chi connectivity index (χ1n) is 8.15. The van der Waals surface area contributed by atoms with Crippen molar-refractivity contribution < 1.29 is 19.1 Å². The average molecular weight is 311 g/mol. The topological polar surface area (TPSA) is 64.6 Å². The van der Waals surface area contributed by atoms with Gasteiger partial charge >= 0.3 is 12.1 Å². The molecular weight excluding hydrogens is 282 g/mol. The number of carbonyl (C=O) groups is 2. The first kappa shape index (κ1) is 20.3. The van der Waals surface area contributed by atoms with Crippen LogP contribution in [-0.4, -0.2) is 31.3 Å². The molecular formula is C17H29NO4. The van der Waals surface area contributed by atoms with E-state index >= 15 is 0 Å². The van der Waals surface area contributed by atoms with Crippen molar-refractivity contribution in [3.8, 4) is 12.3 Å². The fourth-order valence-corrected chi connectivity index (χ4v) is 1.92. The van der Waals surface area contributed by atoms with Crippen molar-refractivity contribution >= 4 is 12.1 Å². The Morgan fingerprint density at radius 1 is 1.05 bits per heavy atom. The van der Waals surface area contributed by atoms with Gasteiger partial charge in [-0.3, -0.25) is 0 Å². The number of hydrogen-bond donors (Lipinski definition) is 1. The Morgan fingerprint density at radius 3 is 2.23 bits per heavy atom. The SMILES string of the molecule is C#CCOC(=O)NC(C)C(=O)OCCCCCCCCCC. The van der Waals surface area contributed by atoms with E-state index in [2.05, 4.69) is 22.9 Å². The molecule has 1 atom stereocenters. The van der Waals surface area contributed by atoms with Crippen LogP contribution in [0.25, 0.3) is 0 Å². The minimum Gasteiger partial charge on any atom is -0.464 e. The van der Waals surface area contributed by atoms with E-state index in [4.69, 9.17) is 11.2 Å². The molecule has 0 fully saturated rings. The van der Waals surface area contributed by atoms with Gasteiger partial charge < -0.3 is 14.8 Å². The summed E-state index contributed by atoms with van der Waals surface area (Å²) in [6, 6.07) is -0.737. The molecule has 0 aromatic heterocycles. The predicted molar refractivity (Wildman–Crippen MR) is 86.3 cm³/mol. The number of alkyl carbamates (subject to hydrolysis) is 1. The average Bonchev–Trinajstić information content (AvgIpc) is 2.51. The van der Waals surface area contributed by atoms with Crippen LogP contribution in [0.5, 0.6) is 0 Å². The molecule has 0 aromatic carbocycles. The van der Waals surface area contributed by atoms with E-state index in [1.807, 2.05) is 0 Å². The van der Waals surface area contributed by atoms with Crippen LogP contribution >= 0.6 is 0 Å². The fourth-order valence-electron chi connectivity index (χ4n) is 1.92. The number of rotatable bonds is 12. The quantitative estimate of drug-likeness (QED) is 0.341. The Kier molecular flexibility index (Phi) is 13.1. The summed E-state index contributed by atoms with van der Waals surface area (Å²) >= 11 is 0. The lowest BCUT2D eigenvalue weighted by atomic mass is 10.1. The van der Waals surface area contributed by atoms with Gasteiger partial charge in [-0.25, -0.2) is 9.59 Å². The van der Waals surface area contributed by atoms with E-state index in [0.29, 0.717) is 6.61 Å². The third-order valence-corrected chi connectivity index (χ3v) is 3.22. The molecule has 0 bridgehead atoms. The largest absolute Gasteiger partial charge is 0.464 e. The lowest BCUT2D eigenvalue weighted by Gasteiger charge is -2.12. The van der Waals surface area contributed by atoms with Gasteiger partial charge in [-0.05, 0) is 13.3 Å². The third kappa shape index (κ3) is 12.1. The van der Waals surface area contributed by atoms with Gasteiger partial charge in [0, 0.05) is 0 Å². The molecule has 126 valence electrons. The summed E-state index contributed by atoms with van der Waals surface area (Å²) in [4.78, 5) is 22.8. The highest BCUT2D eigenvalue weighted by Gasteiger charge is 2.17. The van der Waals surface area contributed by atoms with Crippen LogP contribution in [0, 0.1) is 12.3 Å². The van der Waals surface area contributed by atoms with Crippen molar-refractivity contribution in [2.75, 3.05) is 13.2 Å². The molecule has 0 aliphatic rings. The number of nitrogens with one attached hydrogen (secondary N) is 1. The summed E-state index contributed by atoms with van der Waals surface area (Å²) in [5.74, 6) is 1.71. The van der Waals surface area contributed by atoms with Crippen LogP contribution in [-0.2, 0) is 14.3 Å². The van der Waals surface area contributed by atoms with E-state index in [1.165, 1.54) is 38.5 Å². The summed E-state index contributed by atoms with van der Waals surface area (Å²) < 4.78 is 9.72. The first-order chi connectivity index (χ1) is 10.6. The lowest BCUT2D eigenvalue weighted by molar-refractivity contribution is -0.145. The molecule has 0 saturated carbocycles. The van der Waals surface area contributed by atoms with Gasteiger partial charge in [0.25, 0.3) is 0 Å². The fraction of sp³-hybridized carbons (Fsp3) is 0.765. The number of hydrogen-bond acceptors (Lipinski definition) is 4. The Hall–Kier alpha value is -1.70. The van der Waals surface area contributed by atoms with Crippen LogP contribution in [0.3, 0.4) is 0 Å². The maximum atomic E-state index is 11.6. The Morgan fingerprint density at radius 2 is 1.64 bits per heavy atom.